The lowest BCUT2D eigenvalue weighted by molar-refractivity contribution is -0.688. The fraction of sp³-hybridized carbons (Fsp3) is 0.182. The standard InChI is InChI=1S/C22H20N4O2/c23-12-16-6-8-20(9-7-16)28-21-13-24-25-22(21)18-4-1-3-17(11-18)14-26-10-2-5-19(27)15-26/h1-11,15,21-22,24-25H,13-14H2/p+1. The number of ether oxygens (including phenoxy) is 1. The SMILES string of the molecule is N#Cc1ccc(OC2CNNC2c2cccc(C[n+]3cccc(O)c3)c2)cc1. The number of benzene rings is 2. The number of hydrazine groups is 1. The normalized spacial score (nSPS) is 18.5. The van der Waals surface area contributed by atoms with Gasteiger partial charge in [-0.3, -0.25) is 5.43 Å². The van der Waals surface area contributed by atoms with Crippen molar-refractivity contribution in [3.8, 4) is 17.6 Å². The van der Waals surface area contributed by atoms with Crippen LogP contribution in [0.5, 0.6) is 11.5 Å². The monoisotopic (exact) mass is 373 g/mol. The lowest BCUT2D eigenvalue weighted by Gasteiger charge is -2.21. The van der Waals surface area contributed by atoms with Crippen LogP contribution in [-0.2, 0) is 6.54 Å². The van der Waals surface area contributed by atoms with Gasteiger partial charge in [-0.15, -0.1) is 0 Å². The van der Waals surface area contributed by atoms with E-state index in [1.165, 1.54) is 0 Å². The van der Waals surface area contributed by atoms with E-state index in [0.717, 1.165) is 16.9 Å². The van der Waals surface area contributed by atoms with Crippen molar-refractivity contribution < 1.29 is 14.4 Å². The van der Waals surface area contributed by atoms with Crippen LogP contribution >= 0.6 is 0 Å². The summed E-state index contributed by atoms with van der Waals surface area (Å²) in [5.41, 5.74) is 9.35. The third kappa shape index (κ3) is 4.12. The van der Waals surface area contributed by atoms with Crippen LogP contribution < -0.4 is 20.2 Å². The Morgan fingerprint density at radius 3 is 2.79 bits per heavy atom. The summed E-state index contributed by atoms with van der Waals surface area (Å²) in [4.78, 5) is 0. The van der Waals surface area contributed by atoms with Crippen LogP contribution in [0.15, 0.2) is 73.1 Å². The van der Waals surface area contributed by atoms with Gasteiger partial charge in [-0.05, 0) is 42.0 Å². The second-order valence-corrected chi connectivity index (χ2v) is 6.77. The van der Waals surface area contributed by atoms with Crippen LogP contribution in [-0.4, -0.2) is 17.8 Å². The van der Waals surface area contributed by atoms with E-state index in [2.05, 4.69) is 35.1 Å². The number of hydrogen-bond acceptors (Lipinski definition) is 5. The largest absolute Gasteiger partial charge is 0.503 e. The molecule has 2 atom stereocenters. The first kappa shape index (κ1) is 18.0. The second kappa shape index (κ2) is 8.09. The Morgan fingerprint density at radius 2 is 2.00 bits per heavy atom. The van der Waals surface area contributed by atoms with Crippen molar-refractivity contribution in [3.05, 3.63) is 89.7 Å². The molecule has 4 rings (SSSR count). The Balaban J connectivity index is 1.50. The highest BCUT2D eigenvalue weighted by Gasteiger charge is 2.30. The fourth-order valence-electron chi connectivity index (χ4n) is 3.37. The number of nitriles is 1. The summed E-state index contributed by atoms with van der Waals surface area (Å²) >= 11 is 0. The van der Waals surface area contributed by atoms with Crippen molar-refractivity contribution in [2.24, 2.45) is 0 Å². The van der Waals surface area contributed by atoms with Gasteiger partial charge in [0, 0.05) is 18.2 Å². The minimum atomic E-state index is -0.0726. The van der Waals surface area contributed by atoms with Crippen molar-refractivity contribution in [2.75, 3.05) is 6.54 Å². The number of nitrogens with one attached hydrogen (secondary N) is 2. The van der Waals surface area contributed by atoms with Crippen molar-refractivity contribution >= 4 is 0 Å². The van der Waals surface area contributed by atoms with Crippen molar-refractivity contribution in [1.29, 1.82) is 5.26 Å². The quantitative estimate of drug-likeness (QED) is 0.598. The van der Waals surface area contributed by atoms with Crippen molar-refractivity contribution in [1.82, 2.24) is 10.9 Å². The van der Waals surface area contributed by atoms with E-state index in [4.69, 9.17) is 10.00 Å². The Kier molecular flexibility index (Phi) is 5.20. The zero-order valence-corrected chi connectivity index (χ0v) is 15.2. The zero-order chi connectivity index (χ0) is 19.3. The van der Waals surface area contributed by atoms with E-state index in [9.17, 15) is 5.11 Å². The van der Waals surface area contributed by atoms with Crippen LogP contribution in [0.1, 0.15) is 22.7 Å². The van der Waals surface area contributed by atoms with E-state index in [1.54, 1.807) is 24.4 Å². The topological polar surface area (TPSA) is 81.2 Å². The number of aromatic nitrogens is 1. The van der Waals surface area contributed by atoms with Crippen LogP contribution in [0.25, 0.3) is 0 Å². The van der Waals surface area contributed by atoms with Gasteiger partial charge in [0.15, 0.2) is 18.5 Å². The summed E-state index contributed by atoms with van der Waals surface area (Å²) in [6.07, 6.45) is 3.56. The summed E-state index contributed by atoms with van der Waals surface area (Å²) in [6.45, 7) is 1.35. The molecule has 2 aromatic carbocycles. The molecule has 6 nitrogen and oxygen atoms in total. The molecule has 2 heterocycles. The molecule has 6 heteroatoms. The van der Waals surface area contributed by atoms with Crippen LogP contribution in [0.4, 0.5) is 0 Å². The number of pyridine rings is 1. The smallest absolute Gasteiger partial charge is 0.211 e. The average molecular weight is 373 g/mol. The highest BCUT2D eigenvalue weighted by molar-refractivity contribution is 5.35. The summed E-state index contributed by atoms with van der Waals surface area (Å²) in [6, 6.07) is 21.1. The first-order valence-electron chi connectivity index (χ1n) is 9.13. The summed E-state index contributed by atoms with van der Waals surface area (Å²) in [5.74, 6) is 0.988. The van der Waals surface area contributed by atoms with Gasteiger partial charge >= 0.3 is 0 Å². The lowest BCUT2D eigenvalue weighted by atomic mass is 10.0. The van der Waals surface area contributed by atoms with Crippen LogP contribution in [0.2, 0.25) is 0 Å². The molecule has 0 saturated carbocycles. The van der Waals surface area contributed by atoms with Gasteiger partial charge in [-0.25, -0.2) is 5.43 Å². The van der Waals surface area contributed by atoms with Crippen molar-refractivity contribution in [3.63, 3.8) is 0 Å². The number of rotatable bonds is 5. The third-order valence-electron chi connectivity index (χ3n) is 4.72. The average Bonchev–Trinajstić information content (AvgIpc) is 3.17. The molecule has 1 aliphatic rings. The maximum atomic E-state index is 9.65. The molecule has 0 amide bonds. The van der Waals surface area contributed by atoms with E-state index in [-0.39, 0.29) is 17.9 Å². The minimum Gasteiger partial charge on any atom is -0.503 e. The molecule has 0 aliphatic carbocycles. The van der Waals surface area contributed by atoms with E-state index in [0.29, 0.717) is 18.7 Å². The predicted molar refractivity (Wildman–Crippen MR) is 103 cm³/mol. The highest BCUT2D eigenvalue weighted by Crippen LogP contribution is 2.25. The van der Waals surface area contributed by atoms with Crippen LogP contribution in [0, 0.1) is 11.3 Å². The number of hydrogen-bond donors (Lipinski definition) is 3. The Morgan fingerprint density at radius 1 is 1.14 bits per heavy atom. The van der Waals surface area contributed by atoms with E-state index >= 15 is 0 Å². The molecule has 140 valence electrons. The number of aromatic hydroxyl groups is 1. The fourth-order valence-corrected chi connectivity index (χ4v) is 3.37. The summed E-state index contributed by atoms with van der Waals surface area (Å²) in [5, 5.41) is 18.6. The maximum Gasteiger partial charge on any atom is 0.211 e. The highest BCUT2D eigenvalue weighted by atomic mass is 16.5. The molecule has 3 N–H and O–H groups in total. The summed E-state index contributed by atoms with van der Waals surface area (Å²) in [7, 11) is 0. The molecule has 1 aliphatic heterocycles. The summed E-state index contributed by atoms with van der Waals surface area (Å²) < 4.78 is 8.09. The molecule has 1 fully saturated rings. The molecule has 28 heavy (non-hydrogen) atoms. The molecule has 3 aromatic rings. The van der Waals surface area contributed by atoms with Gasteiger partial charge in [-0.2, -0.15) is 9.83 Å². The van der Waals surface area contributed by atoms with Gasteiger partial charge in [0.1, 0.15) is 11.9 Å². The maximum absolute atomic E-state index is 9.65. The van der Waals surface area contributed by atoms with Crippen LogP contribution in [0.3, 0.4) is 0 Å². The second-order valence-electron chi connectivity index (χ2n) is 6.77. The molecule has 1 aromatic heterocycles. The lowest BCUT2D eigenvalue weighted by Crippen LogP contribution is -2.33. The molecular weight excluding hydrogens is 352 g/mol. The Hall–Kier alpha value is -3.40. The molecule has 0 spiro atoms. The van der Waals surface area contributed by atoms with Crippen molar-refractivity contribution in [2.45, 2.75) is 18.7 Å². The van der Waals surface area contributed by atoms with E-state index < -0.39 is 0 Å². The zero-order valence-electron chi connectivity index (χ0n) is 15.2. The third-order valence-corrected chi connectivity index (χ3v) is 4.72. The van der Waals surface area contributed by atoms with E-state index in [1.807, 2.05) is 35.0 Å². The van der Waals surface area contributed by atoms with Gasteiger partial charge in [0.05, 0.1) is 17.7 Å². The predicted octanol–water partition coefficient (Wildman–Crippen LogP) is 2.20. The first-order chi connectivity index (χ1) is 13.7. The van der Waals surface area contributed by atoms with Gasteiger partial charge in [0.25, 0.3) is 0 Å². The Labute approximate surface area is 163 Å². The molecule has 0 bridgehead atoms. The minimum absolute atomic E-state index is 0.00442. The first-order valence-corrected chi connectivity index (χ1v) is 9.13. The molecular formula is C22H21N4O2+. The van der Waals surface area contributed by atoms with Gasteiger partial charge < -0.3 is 9.84 Å². The number of nitrogens with zero attached hydrogens (tertiary/aromatic N) is 2. The molecule has 0 radical (unpaired) electrons. The van der Waals surface area contributed by atoms with Gasteiger partial charge in [-0.1, -0.05) is 18.2 Å². The Bertz CT molecular complexity index is 998. The van der Waals surface area contributed by atoms with Gasteiger partial charge in [0.2, 0.25) is 6.20 Å². The molecule has 2 unspecified atom stereocenters. The molecule has 1 saturated heterocycles.